The summed E-state index contributed by atoms with van der Waals surface area (Å²) in [5.41, 5.74) is 5.33. The van der Waals surface area contributed by atoms with Crippen molar-refractivity contribution in [3.8, 4) is 5.75 Å². The van der Waals surface area contributed by atoms with Crippen LogP contribution in [0.2, 0.25) is 0 Å². The number of hydrogen-bond donors (Lipinski definition) is 1. The van der Waals surface area contributed by atoms with Crippen molar-refractivity contribution in [1.82, 2.24) is 0 Å². The quantitative estimate of drug-likeness (QED) is 0.903. The number of nitrogens with two attached hydrogens (primary N) is 1. The smallest absolute Gasteiger partial charge is 0.180 e. The van der Waals surface area contributed by atoms with E-state index in [1.54, 1.807) is 31.4 Å². The van der Waals surface area contributed by atoms with Gasteiger partial charge >= 0.3 is 0 Å². The van der Waals surface area contributed by atoms with Gasteiger partial charge in [-0.25, -0.2) is 8.42 Å². The SMILES string of the molecule is COc1ccc(S(=O)(=O)CC2(N)CC2)cc1.Cl. The van der Waals surface area contributed by atoms with Gasteiger partial charge < -0.3 is 10.5 Å². The average molecular weight is 278 g/mol. The molecule has 0 unspecified atom stereocenters. The van der Waals surface area contributed by atoms with Crippen LogP contribution in [-0.2, 0) is 9.84 Å². The lowest BCUT2D eigenvalue weighted by Gasteiger charge is -2.10. The van der Waals surface area contributed by atoms with Crippen LogP contribution in [0, 0.1) is 0 Å². The minimum atomic E-state index is -3.26. The van der Waals surface area contributed by atoms with E-state index in [0.29, 0.717) is 10.6 Å². The highest BCUT2D eigenvalue weighted by atomic mass is 35.5. The fourth-order valence-corrected chi connectivity index (χ4v) is 3.31. The van der Waals surface area contributed by atoms with Crippen molar-refractivity contribution >= 4 is 22.2 Å². The molecule has 4 nitrogen and oxygen atoms in total. The molecule has 0 atom stereocenters. The normalized spacial score (nSPS) is 17.1. The molecule has 17 heavy (non-hydrogen) atoms. The molecular weight excluding hydrogens is 262 g/mol. The van der Waals surface area contributed by atoms with Gasteiger partial charge in [0.2, 0.25) is 0 Å². The van der Waals surface area contributed by atoms with Crippen molar-refractivity contribution in [3.63, 3.8) is 0 Å². The fraction of sp³-hybridized carbons (Fsp3) is 0.455. The monoisotopic (exact) mass is 277 g/mol. The molecule has 2 rings (SSSR count). The number of ether oxygens (including phenoxy) is 1. The summed E-state index contributed by atoms with van der Waals surface area (Å²) in [5.74, 6) is 0.680. The zero-order valence-corrected chi connectivity index (χ0v) is 11.2. The van der Waals surface area contributed by atoms with E-state index in [9.17, 15) is 8.42 Å². The Hall–Kier alpha value is -0.780. The van der Waals surface area contributed by atoms with Gasteiger partial charge in [-0.1, -0.05) is 0 Å². The van der Waals surface area contributed by atoms with Gasteiger partial charge in [0.25, 0.3) is 0 Å². The molecule has 2 N–H and O–H groups in total. The molecule has 1 fully saturated rings. The molecule has 1 saturated carbocycles. The molecule has 6 heteroatoms. The Morgan fingerprint density at radius 2 is 1.82 bits per heavy atom. The zero-order chi connectivity index (χ0) is 11.8. The summed E-state index contributed by atoms with van der Waals surface area (Å²) in [6, 6.07) is 6.39. The Bertz CT molecular complexity index is 480. The van der Waals surface area contributed by atoms with E-state index in [-0.39, 0.29) is 18.2 Å². The number of methoxy groups -OCH3 is 1. The summed E-state index contributed by atoms with van der Waals surface area (Å²) in [4.78, 5) is 0.310. The number of sulfone groups is 1. The molecule has 0 bridgehead atoms. The van der Waals surface area contributed by atoms with E-state index in [4.69, 9.17) is 10.5 Å². The number of halogens is 1. The molecule has 1 aliphatic carbocycles. The molecule has 1 aromatic rings. The van der Waals surface area contributed by atoms with Crippen molar-refractivity contribution in [2.45, 2.75) is 23.3 Å². The lowest BCUT2D eigenvalue weighted by Crippen LogP contribution is -2.31. The number of hydrogen-bond acceptors (Lipinski definition) is 4. The molecule has 96 valence electrons. The highest BCUT2D eigenvalue weighted by Crippen LogP contribution is 2.35. The van der Waals surface area contributed by atoms with E-state index in [1.807, 2.05) is 0 Å². The predicted molar refractivity (Wildman–Crippen MR) is 68.4 cm³/mol. The second kappa shape index (κ2) is 4.84. The lowest BCUT2D eigenvalue weighted by atomic mass is 10.3. The Balaban J connectivity index is 0.00000144. The first kappa shape index (κ1) is 14.3. The first-order valence-corrected chi connectivity index (χ1v) is 6.76. The minimum absolute atomic E-state index is 0. The lowest BCUT2D eigenvalue weighted by molar-refractivity contribution is 0.414. The molecule has 0 heterocycles. The van der Waals surface area contributed by atoms with E-state index >= 15 is 0 Å². The maximum atomic E-state index is 12.0. The second-order valence-corrected chi connectivity index (χ2v) is 6.29. The van der Waals surface area contributed by atoms with Gasteiger partial charge in [-0.15, -0.1) is 12.4 Å². The largest absolute Gasteiger partial charge is 0.497 e. The molecular formula is C11H16ClNO3S. The van der Waals surface area contributed by atoms with Crippen molar-refractivity contribution < 1.29 is 13.2 Å². The van der Waals surface area contributed by atoms with Crippen LogP contribution >= 0.6 is 12.4 Å². The third-order valence-corrected chi connectivity index (χ3v) is 4.73. The summed E-state index contributed by atoms with van der Waals surface area (Å²) in [7, 11) is -1.72. The van der Waals surface area contributed by atoms with Crippen LogP contribution in [0.4, 0.5) is 0 Å². The minimum Gasteiger partial charge on any atom is -0.497 e. The molecule has 0 radical (unpaired) electrons. The van der Waals surface area contributed by atoms with Crippen LogP contribution in [0.25, 0.3) is 0 Å². The topological polar surface area (TPSA) is 69.4 Å². The Morgan fingerprint density at radius 3 is 2.24 bits per heavy atom. The van der Waals surface area contributed by atoms with Crippen LogP contribution in [0.3, 0.4) is 0 Å². The Kier molecular flexibility index (Phi) is 4.06. The highest BCUT2D eigenvalue weighted by molar-refractivity contribution is 7.91. The van der Waals surface area contributed by atoms with Gasteiger partial charge in [0.1, 0.15) is 5.75 Å². The van der Waals surface area contributed by atoms with E-state index < -0.39 is 15.4 Å². The molecule has 1 aromatic carbocycles. The number of rotatable bonds is 4. The molecule has 0 aromatic heterocycles. The van der Waals surface area contributed by atoms with Gasteiger partial charge in [0.15, 0.2) is 9.84 Å². The third kappa shape index (κ3) is 3.34. The van der Waals surface area contributed by atoms with Crippen LogP contribution in [0.5, 0.6) is 5.75 Å². The van der Waals surface area contributed by atoms with E-state index in [2.05, 4.69) is 0 Å². The summed E-state index contributed by atoms with van der Waals surface area (Å²) >= 11 is 0. The predicted octanol–water partition coefficient (Wildman–Crippen LogP) is 1.38. The van der Waals surface area contributed by atoms with Crippen LogP contribution < -0.4 is 10.5 Å². The molecule has 1 aliphatic rings. The molecule has 0 saturated heterocycles. The van der Waals surface area contributed by atoms with Gasteiger partial charge in [-0.3, -0.25) is 0 Å². The molecule has 0 aliphatic heterocycles. The summed E-state index contributed by atoms with van der Waals surface area (Å²) in [6.07, 6.45) is 1.59. The van der Waals surface area contributed by atoms with Crippen LogP contribution in [0.1, 0.15) is 12.8 Å². The zero-order valence-electron chi connectivity index (χ0n) is 9.55. The Morgan fingerprint density at radius 1 is 1.29 bits per heavy atom. The maximum Gasteiger partial charge on any atom is 0.180 e. The van der Waals surface area contributed by atoms with Gasteiger partial charge in [0, 0.05) is 5.54 Å². The fourth-order valence-electron chi connectivity index (χ4n) is 1.55. The van der Waals surface area contributed by atoms with Gasteiger partial charge in [0.05, 0.1) is 17.8 Å². The van der Waals surface area contributed by atoms with Crippen molar-refractivity contribution in [2.24, 2.45) is 5.73 Å². The average Bonchev–Trinajstić information content (AvgIpc) is 2.95. The third-order valence-electron chi connectivity index (χ3n) is 2.79. The first-order valence-electron chi connectivity index (χ1n) is 5.11. The van der Waals surface area contributed by atoms with E-state index in [0.717, 1.165) is 12.8 Å². The van der Waals surface area contributed by atoms with Gasteiger partial charge in [-0.2, -0.15) is 0 Å². The molecule has 0 amide bonds. The highest BCUT2D eigenvalue weighted by Gasteiger charge is 2.42. The van der Waals surface area contributed by atoms with Crippen LogP contribution in [0.15, 0.2) is 29.2 Å². The first-order chi connectivity index (χ1) is 7.45. The number of benzene rings is 1. The second-order valence-electron chi connectivity index (χ2n) is 4.30. The van der Waals surface area contributed by atoms with Crippen LogP contribution in [-0.4, -0.2) is 26.8 Å². The van der Waals surface area contributed by atoms with Crippen molar-refractivity contribution in [1.29, 1.82) is 0 Å². The maximum absolute atomic E-state index is 12.0. The van der Waals surface area contributed by atoms with Crippen molar-refractivity contribution in [3.05, 3.63) is 24.3 Å². The Labute approximate surface area is 107 Å². The van der Waals surface area contributed by atoms with E-state index in [1.165, 1.54) is 0 Å². The summed E-state index contributed by atoms with van der Waals surface area (Å²) in [6.45, 7) is 0. The summed E-state index contributed by atoms with van der Waals surface area (Å²) < 4.78 is 28.9. The standard InChI is InChI=1S/C11H15NO3S.ClH/c1-15-9-2-4-10(5-3-9)16(13,14)8-11(12)6-7-11;/h2-5H,6-8,12H2,1H3;1H. The van der Waals surface area contributed by atoms with Crippen molar-refractivity contribution in [2.75, 3.05) is 12.9 Å². The summed E-state index contributed by atoms with van der Waals surface area (Å²) in [5, 5.41) is 0. The molecule has 0 spiro atoms. The van der Waals surface area contributed by atoms with Gasteiger partial charge in [-0.05, 0) is 37.1 Å².